The number of fused-ring (bicyclic) bond motifs is 2. The largest absolute Gasteiger partial charge is 0.318 e. The minimum absolute atomic E-state index is 0.0427. The molecule has 0 aliphatic carbocycles. The van der Waals surface area contributed by atoms with Gasteiger partial charge in [-0.3, -0.25) is 14.6 Å². The van der Waals surface area contributed by atoms with Crippen LogP contribution in [0.1, 0.15) is 10.4 Å². The zero-order valence-electron chi connectivity index (χ0n) is 13.2. The minimum Gasteiger partial charge on any atom is -0.318 e. The fourth-order valence-corrected chi connectivity index (χ4v) is 2.89. The first kappa shape index (κ1) is 15.5. The molecule has 2 aromatic carbocycles. The number of benzene rings is 2. The summed E-state index contributed by atoms with van der Waals surface area (Å²) in [5.41, 5.74) is 3.11. The van der Waals surface area contributed by atoms with E-state index in [2.05, 4.69) is 9.97 Å². The van der Waals surface area contributed by atoms with Crippen LogP contribution in [0.5, 0.6) is 0 Å². The number of rotatable bonds is 2. The first-order chi connectivity index (χ1) is 12.0. The fraction of sp³-hybridized carbons (Fsp3) is 0.0526. The highest BCUT2D eigenvalue weighted by Gasteiger charge is 2.08. The molecule has 0 fully saturated rings. The smallest absolute Gasteiger partial charge is 0.258 e. The number of halogens is 1. The van der Waals surface area contributed by atoms with Crippen molar-refractivity contribution in [3.05, 3.63) is 70.8 Å². The second-order valence-corrected chi connectivity index (χ2v) is 6.11. The van der Waals surface area contributed by atoms with Gasteiger partial charge in [0.2, 0.25) is 0 Å². The molecule has 0 spiro atoms. The van der Waals surface area contributed by atoms with E-state index in [4.69, 9.17) is 11.6 Å². The molecule has 0 aliphatic rings. The highest BCUT2D eigenvalue weighted by Crippen LogP contribution is 2.23. The van der Waals surface area contributed by atoms with Gasteiger partial charge in [-0.25, -0.2) is 4.98 Å². The van der Waals surface area contributed by atoms with Gasteiger partial charge in [-0.15, -0.1) is 0 Å². The highest BCUT2D eigenvalue weighted by atomic mass is 35.5. The molecule has 0 bridgehead atoms. The lowest BCUT2D eigenvalue weighted by atomic mass is 10.1. The minimum atomic E-state index is -0.532. The summed E-state index contributed by atoms with van der Waals surface area (Å²) >= 11 is 5.53. The van der Waals surface area contributed by atoms with Crippen LogP contribution in [0, 0.1) is 0 Å². The van der Waals surface area contributed by atoms with E-state index in [0.29, 0.717) is 27.7 Å². The number of nitrogens with zero attached hydrogens (tertiary/aromatic N) is 3. The van der Waals surface area contributed by atoms with Gasteiger partial charge < -0.3 is 4.57 Å². The number of aromatic nitrogens is 3. The molecule has 0 saturated heterocycles. The molecule has 0 unspecified atom stereocenters. The Bertz CT molecular complexity index is 1210. The van der Waals surface area contributed by atoms with Crippen molar-refractivity contribution in [3.63, 3.8) is 0 Å². The Kier molecular flexibility index (Phi) is 3.58. The molecule has 122 valence electrons. The average Bonchev–Trinajstić information content (AvgIpc) is 2.63. The first-order valence-electron chi connectivity index (χ1n) is 7.59. The van der Waals surface area contributed by atoms with E-state index in [1.165, 1.54) is 0 Å². The van der Waals surface area contributed by atoms with Gasteiger partial charge in [-0.1, -0.05) is 6.07 Å². The summed E-state index contributed by atoms with van der Waals surface area (Å²) in [7, 11) is 1.72. The van der Waals surface area contributed by atoms with Gasteiger partial charge in [0.1, 0.15) is 0 Å². The number of hydrogen-bond acceptors (Lipinski definition) is 4. The van der Waals surface area contributed by atoms with Crippen LogP contribution in [-0.2, 0) is 7.05 Å². The lowest BCUT2D eigenvalue weighted by Crippen LogP contribution is -2.15. The molecule has 25 heavy (non-hydrogen) atoms. The Labute approximate surface area is 147 Å². The number of carbonyl (C=O) groups is 1. The molecule has 2 aromatic heterocycles. The van der Waals surface area contributed by atoms with Gasteiger partial charge in [-0.05, 0) is 53.4 Å². The van der Waals surface area contributed by atoms with Gasteiger partial charge >= 0.3 is 0 Å². The van der Waals surface area contributed by atoms with Crippen molar-refractivity contribution in [2.24, 2.45) is 7.05 Å². The lowest BCUT2D eigenvalue weighted by Gasteiger charge is -2.06. The van der Waals surface area contributed by atoms with Crippen molar-refractivity contribution in [2.75, 3.05) is 0 Å². The Morgan fingerprint density at radius 1 is 1.08 bits per heavy atom. The Balaban J connectivity index is 1.88. The van der Waals surface area contributed by atoms with E-state index in [0.717, 1.165) is 10.9 Å². The van der Waals surface area contributed by atoms with Crippen LogP contribution >= 0.6 is 11.6 Å². The predicted octanol–water partition coefficient (Wildman–Crippen LogP) is 3.53. The molecule has 0 amide bonds. The Morgan fingerprint density at radius 3 is 2.72 bits per heavy atom. The third-order valence-electron chi connectivity index (χ3n) is 4.14. The van der Waals surface area contributed by atoms with Gasteiger partial charge in [0.15, 0.2) is 0 Å². The van der Waals surface area contributed by atoms with E-state index in [1.807, 2.05) is 18.2 Å². The molecule has 0 saturated carbocycles. The zero-order valence-corrected chi connectivity index (χ0v) is 14.0. The summed E-state index contributed by atoms with van der Waals surface area (Å²) in [5.74, 6) is 0. The highest BCUT2D eigenvalue weighted by molar-refractivity contribution is 6.67. The second kappa shape index (κ2) is 5.79. The normalized spacial score (nSPS) is 11.1. The Hall–Kier alpha value is -3.05. The quantitative estimate of drug-likeness (QED) is 0.519. The fourth-order valence-electron chi connectivity index (χ4n) is 2.78. The molecule has 0 aliphatic heterocycles. The number of pyridine rings is 1. The van der Waals surface area contributed by atoms with Crippen LogP contribution < -0.4 is 5.56 Å². The summed E-state index contributed by atoms with van der Waals surface area (Å²) in [6.07, 6.45) is 3.41. The molecule has 0 atom stereocenters. The van der Waals surface area contributed by atoms with E-state index in [-0.39, 0.29) is 5.56 Å². The number of carbonyl (C=O) groups excluding carboxylic acids is 1. The molecule has 4 rings (SSSR count). The molecule has 0 N–H and O–H groups in total. The summed E-state index contributed by atoms with van der Waals surface area (Å²) in [6, 6.07) is 12.4. The maximum atomic E-state index is 12.1. The van der Waals surface area contributed by atoms with E-state index >= 15 is 0 Å². The maximum absolute atomic E-state index is 12.1. The van der Waals surface area contributed by atoms with Crippen molar-refractivity contribution >= 4 is 38.6 Å². The molecule has 6 heteroatoms. The van der Waals surface area contributed by atoms with Crippen molar-refractivity contribution in [1.29, 1.82) is 0 Å². The molecular formula is C19H12ClN3O2. The molecule has 5 nitrogen and oxygen atoms in total. The van der Waals surface area contributed by atoms with Gasteiger partial charge in [0.25, 0.3) is 10.8 Å². The topological polar surface area (TPSA) is 64.8 Å². The second-order valence-electron chi connectivity index (χ2n) is 5.77. The summed E-state index contributed by atoms with van der Waals surface area (Å²) in [5, 5.41) is 0.959. The van der Waals surface area contributed by atoms with E-state index < -0.39 is 5.24 Å². The molecule has 4 aromatic rings. The average molecular weight is 350 g/mol. The van der Waals surface area contributed by atoms with Crippen molar-refractivity contribution in [2.45, 2.75) is 0 Å². The van der Waals surface area contributed by atoms with Crippen molar-refractivity contribution in [3.8, 4) is 11.3 Å². The Morgan fingerprint density at radius 2 is 1.92 bits per heavy atom. The molecule has 0 radical (unpaired) electrons. The van der Waals surface area contributed by atoms with Crippen LogP contribution in [0.3, 0.4) is 0 Å². The number of hydrogen-bond donors (Lipinski definition) is 0. The monoisotopic (exact) mass is 349 g/mol. The standard InChI is InChI=1S/C19H12ClN3O2/c1-23-7-6-11-8-12(2-4-14(11)19(23)25)17-10-21-15-5-3-13(18(20)24)9-16(15)22-17/h2-10H,1H3. The lowest BCUT2D eigenvalue weighted by molar-refractivity contribution is 0.108. The van der Waals surface area contributed by atoms with Crippen LogP contribution in [0.15, 0.2) is 59.7 Å². The summed E-state index contributed by atoms with van der Waals surface area (Å²) in [4.78, 5) is 32.4. The van der Waals surface area contributed by atoms with Crippen LogP contribution in [-0.4, -0.2) is 19.8 Å². The van der Waals surface area contributed by atoms with Gasteiger partial charge in [-0.2, -0.15) is 0 Å². The van der Waals surface area contributed by atoms with Gasteiger partial charge in [0, 0.05) is 29.8 Å². The number of aryl methyl sites for hydroxylation is 1. The van der Waals surface area contributed by atoms with Crippen molar-refractivity contribution < 1.29 is 4.79 Å². The first-order valence-corrected chi connectivity index (χ1v) is 7.97. The van der Waals surface area contributed by atoms with Crippen LogP contribution in [0.4, 0.5) is 0 Å². The SMILES string of the molecule is Cn1ccc2cc(-c3cnc4ccc(C(=O)Cl)cc4n3)ccc2c1=O. The summed E-state index contributed by atoms with van der Waals surface area (Å²) in [6.45, 7) is 0. The third kappa shape index (κ3) is 2.68. The summed E-state index contributed by atoms with van der Waals surface area (Å²) < 4.78 is 1.54. The van der Waals surface area contributed by atoms with E-state index in [9.17, 15) is 9.59 Å². The zero-order chi connectivity index (χ0) is 17.6. The molecular weight excluding hydrogens is 338 g/mol. The maximum Gasteiger partial charge on any atom is 0.258 e. The van der Waals surface area contributed by atoms with E-state index in [1.54, 1.807) is 48.3 Å². The van der Waals surface area contributed by atoms with Crippen LogP contribution in [0.2, 0.25) is 0 Å². The van der Waals surface area contributed by atoms with Crippen LogP contribution in [0.25, 0.3) is 33.1 Å². The molecule has 2 heterocycles. The third-order valence-corrected chi connectivity index (χ3v) is 4.36. The van der Waals surface area contributed by atoms with Crippen molar-refractivity contribution in [1.82, 2.24) is 14.5 Å². The predicted molar refractivity (Wildman–Crippen MR) is 97.9 cm³/mol. The van der Waals surface area contributed by atoms with Gasteiger partial charge in [0.05, 0.1) is 22.9 Å².